The van der Waals surface area contributed by atoms with Gasteiger partial charge in [0, 0.05) is 25.7 Å². The maximum Gasteiger partial charge on any atom is 0.222 e. The van der Waals surface area contributed by atoms with Gasteiger partial charge in [-0.25, -0.2) is 0 Å². The molecule has 2 fully saturated rings. The molecule has 0 unspecified atom stereocenters. The zero-order chi connectivity index (χ0) is 19.6. The Morgan fingerprint density at radius 3 is 2.64 bits per heavy atom. The van der Waals surface area contributed by atoms with E-state index in [-0.39, 0.29) is 11.3 Å². The van der Waals surface area contributed by atoms with Crippen LogP contribution in [0.3, 0.4) is 0 Å². The number of aromatic hydroxyl groups is 1. The fourth-order valence-electron chi connectivity index (χ4n) is 4.45. The van der Waals surface area contributed by atoms with Crippen molar-refractivity contribution in [1.82, 2.24) is 19.8 Å². The molecule has 2 aliphatic rings. The van der Waals surface area contributed by atoms with Crippen molar-refractivity contribution < 1.29 is 9.90 Å². The standard InChI is InChI=1S/C22H28N4O2/c1-17-12-24-19(13-23-17)15-26-16-22(6-5-21(26)28)7-9-25(10-8-22)14-18-3-2-4-20(27)11-18/h2-4,11-13,27H,5-10,14-16H2,1H3. The summed E-state index contributed by atoms with van der Waals surface area (Å²) in [5.41, 5.74) is 3.12. The highest BCUT2D eigenvalue weighted by Gasteiger charge is 2.40. The molecule has 3 heterocycles. The molecule has 4 rings (SSSR count). The van der Waals surface area contributed by atoms with Crippen LogP contribution in [0.2, 0.25) is 0 Å². The Hall–Kier alpha value is -2.47. The van der Waals surface area contributed by atoms with Crippen LogP contribution in [0.1, 0.15) is 42.6 Å². The van der Waals surface area contributed by atoms with E-state index < -0.39 is 0 Å². The number of rotatable bonds is 4. The predicted molar refractivity (Wildman–Crippen MR) is 106 cm³/mol. The molecule has 0 aliphatic carbocycles. The third-order valence-corrected chi connectivity index (χ3v) is 6.17. The van der Waals surface area contributed by atoms with Gasteiger partial charge in [0.25, 0.3) is 0 Å². The molecule has 0 atom stereocenters. The lowest BCUT2D eigenvalue weighted by atomic mass is 9.72. The van der Waals surface area contributed by atoms with Crippen molar-refractivity contribution in [2.75, 3.05) is 19.6 Å². The molecule has 6 heteroatoms. The average Bonchev–Trinajstić information content (AvgIpc) is 2.69. The van der Waals surface area contributed by atoms with Crippen LogP contribution in [0.15, 0.2) is 36.7 Å². The minimum absolute atomic E-state index is 0.224. The zero-order valence-corrected chi connectivity index (χ0v) is 16.5. The summed E-state index contributed by atoms with van der Waals surface area (Å²) in [6.07, 6.45) is 7.37. The van der Waals surface area contributed by atoms with Gasteiger partial charge in [-0.2, -0.15) is 0 Å². The number of aryl methyl sites for hydroxylation is 1. The van der Waals surface area contributed by atoms with Crippen LogP contribution in [-0.4, -0.2) is 50.4 Å². The summed E-state index contributed by atoms with van der Waals surface area (Å²) in [4.78, 5) is 25.6. The second-order valence-corrected chi connectivity index (χ2v) is 8.34. The number of nitrogens with zero attached hydrogens (tertiary/aromatic N) is 4. The van der Waals surface area contributed by atoms with Crippen LogP contribution in [-0.2, 0) is 17.9 Å². The van der Waals surface area contributed by atoms with Gasteiger partial charge in [0.05, 0.1) is 24.1 Å². The first-order valence-corrected chi connectivity index (χ1v) is 10.1. The first-order chi connectivity index (χ1) is 13.5. The van der Waals surface area contributed by atoms with E-state index in [2.05, 4.69) is 20.9 Å². The number of phenols is 1. The summed E-state index contributed by atoms with van der Waals surface area (Å²) in [5.74, 6) is 0.557. The molecule has 1 amide bonds. The van der Waals surface area contributed by atoms with E-state index in [1.165, 1.54) is 0 Å². The van der Waals surface area contributed by atoms with E-state index in [4.69, 9.17) is 0 Å². The molecule has 1 aromatic carbocycles. The van der Waals surface area contributed by atoms with Crippen molar-refractivity contribution in [3.8, 4) is 5.75 Å². The number of aromatic nitrogens is 2. The van der Waals surface area contributed by atoms with Gasteiger partial charge in [0.1, 0.15) is 5.75 Å². The van der Waals surface area contributed by atoms with Crippen LogP contribution in [0, 0.1) is 12.3 Å². The van der Waals surface area contributed by atoms with Crippen LogP contribution < -0.4 is 0 Å². The largest absolute Gasteiger partial charge is 0.508 e. The van der Waals surface area contributed by atoms with Gasteiger partial charge in [-0.3, -0.25) is 19.7 Å². The molecule has 0 bridgehead atoms. The number of hydrogen-bond donors (Lipinski definition) is 1. The SMILES string of the molecule is Cc1cnc(CN2CC3(CCC2=O)CCN(Cc2cccc(O)c2)CC3)cn1. The Bertz CT molecular complexity index is 829. The molecule has 0 radical (unpaired) electrons. The molecular formula is C22H28N4O2. The summed E-state index contributed by atoms with van der Waals surface area (Å²) in [6, 6.07) is 7.51. The molecular weight excluding hydrogens is 352 g/mol. The van der Waals surface area contributed by atoms with Crippen molar-refractivity contribution in [1.29, 1.82) is 0 Å². The Morgan fingerprint density at radius 2 is 1.93 bits per heavy atom. The Balaban J connectivity index is 1.36. The third-order valence-electron chi connectivity index (χ3n) is 6.17. The maximum atomic E-state index is 12.5. The Morgan fingerprint density at radius 1 is 1.11 bits per heavy atom. The fraction of sp³-hybridized carbons (Fsp3) is 0.500. The number of amides is 1. The molecule has 6 nitrogen and oxygen atoms in total. The summed E-state index contributed by atoms with van der Waals surface area (Å²) >= 11 is 0. The van der Waals surface area contributed by atoms with Crippen LogP contribution >= 0.6 is 0 Å². The summed E-state index contributed by atoms with van der Waals surface area (Å²) in [6.45, 7) is 6.22. The van der Waals surface area contributed by atoms with Gasteiger partial charge in [-0.05, 0) is 62.4 Å². The van der Waals surface area contributed by atoms with Gasteiger partial charge in [0.15, 0.2) is 0 Å². The lowest BCUT2D eigenvalue weighted by Crippen LogP contribution is -2.51. The van der Waals surface area contributed by atoms with Crippen molar-refractivity contribution in [3.63, 3.8) is 0 Å². The van der Waals surface area contributed by atoms with Crippen LogP contribution in [0.4, 0.5) is 0 Å². The Labute approximate surface area is 166 Å². The predicted octanol–water partition coefficient (Wildman–Crippen LogP) is 2.90. The molecule has 2 aliphatic heterocycles. The second kappa shape index (κ2) is 7.87. The van der Waals surface area contributed by atoms with Gasteiger partial charge >= 0.3 is 0 Å². The van der Waals surface area contributed by atoms with E-state index in [1.807, 2.05) is 24.0 Å². The summed E-state index contributed by atoms with van der Waals surface area (Å²) in [5, 5.41) is 9.67. The van der Waals surface area contributed by atoms with E-state index in [1.54, 1.807) is 18.5 Å². The van der Waals surface area contributed by atoms with Gasteiger partial charge in [0.2, 0.25) is 5.91 Å². The van der Waals surface area contributed by atoms with Crippen LogP contribution in [0.25, 0.3) is 0 Å². The molecule has 28 heavy (non-hydrogen) atoms. The monoisotopic (exact) mass is 380 g/mol. The van der Waals surface area contributed by atoms with E-state index in [0.717, 1.165) is 62.4 Å². The topological polar surface area (TPSA) is 69.6 Å². The van der Waals surface area contributed by atoms with Gasteiger partial charge in [-0.1, -0.05) is 12.1 Å². The number of likely N-dealkylation sites (tertiary alicyclic amines) is 2. The number of carbonyl (C=O) groups is 1. The van der Waals surface area contributed by atoms with Gasteiger partial charge < -0.3 is 10.0 Å². The molecule has 148 valence electrons. The maximum absolute atomic E-state index is 12.5. The quantitative estimate of drug-likeness (QED) is 0.883. The molecule has 1 aromatic heterocycles. The normalized spacial score (nSPS) is 19.9. The number of benzene rings is 1. The van der Waals surface area contributed by atoms with Gasteiger partial charge in [-0.15, -0.1) is 0 Å². The molecule has 0 saturated carbocycles. The molecule has 2 saturated heterocycles. The highest BCUT2D eigenvalue weighted by molar-refractivity contribution is 5.77. The molecule has 2 aromatic rings. The first kappa shape index (κ1) is 18.9. The van der Waals surface area contributed by atoms with E-state index >= 15 is 0 Å². The highest BCUT2D eigenvalue weighted by Crippen LogP contribution is 2.40. The lowest BCUT2D eigenvalue weighted by molar-refractivity contribution is -0.140. The first-order valence-electron chi connectivity index (χ1n) is 10.1. The van der Waals surface area contributed by atoms with Crippen molar-refractivity contribution in [2.24, 2.45) is 5.41 Å². The molecule has 1 spiro atoms. The van der Waals surface area contributed by atoms with Crippen molar-refractivity contribution in [3.05, 3.63) is 53.6 Å². The van der Waals surface area contributed by atoms with Crippen molar-refractivity contribution in [2.45, 2.75) is 45.7 Å². The lowest BCUT2D eigenvalue weighted by Gasteiger charge is -2.47. The number of phenolic OH excluding ortho intramolecular Hbond substituents is 1. The van der Waals surface area contributed by atoms with E-state index in [9.17, 15) is 9.90 Å². The fourth-order valence-corrected chi connectivity index (χ4v) is 4.45. The number of piperidine rings is 2. The summed E-state index contributed by atoms with van der Waals surface area (Å²) < 4.78 is 0. The number of carbonyl (C=O) groups excluding carboxylic acids is 1. The average molecular weight is 380 g/mol. The Kier molecular flexibility index (Phi) is 5.31. The number of hydrogen-bond acceptors (Lipinski definition) is 5. The summed E-state index contributed by atoms with van der Waals surface area (Å²) in [7, 11) is 0. The zero-order valence-electron chi connectivity index (χ0n) is 16.5. The van der Waals surface area contributed by atoms with Crippen molar-refractivity contribution >= 4 is 5.91 Å². The minimum atomic E-state index is 0.224. The smallest absolute Gasteiger partial charge is 0.222 e. The third kappa shape index (κ3) is 4.33. The van der Waals surface area contributed by atoms with E-state index in [0.29, 0.717) is 18.7 Å². The van der Waals surface area contributed by atoms with Crippen LogP contribution in [0.5, 0.6) is 5.75 Å². The molecule has 1 N–H and O–H groups in total. The minimum Gasteiger partial charge on any atom is -0.508 e. The second-order valence-electron chi connectivity index (χ2n) is 8.34. The highest BCUT2D eigenvalue weighted by atomic mass is 16.3.